The van der Waals surface area contributed by atoms with E-state index in [0.717, 1.165) is 0 Å². The van der Waals surface area contributed by atoms with Crippen LogP contribution in [0.5, 0.6) is 0 Å². The average Bonchev–Trinajstić information content (AvgIpc) is 3.92. The topological polar surface area (TPSA) is 96.2 Å². The maximum atomic E-state index is 15.8. The van der Waals surface area contributed by atoms with Crippen LogP contribution in [-0.4, -0.2) is 148 Å². The van der Waals surface area contributed by atoms with Gasteiger partial charge in [-0.1, -0.05) is 0 Å². The van der Waals surface area contributed by atoms with Gasteiger partial charge in [0.05, 0.1) is 49.3 Å². The van der Waals surface area contributed by atoms with Gasteiger partial charge in [0.15, 0.2) is 49.4 Å². The van der Waals surface area contributed by atoms with Crippen molar-refractivity contribution in [3.05, 3.63) is 0 Å². The molecule has 8 N–H and O–H groups in total. The molecule has 0 spiro atoms. The van der Waals surface area contributed by atoms with Crippen LogP contribution in [0.15, 0.2) is 0 Å². The first-order valence-corrected chi connectivity index (χ1v) is 18.8. The Bertz CT molecular complexity index is 1170. The third kappa shape index (κ3) is 6.13. The summed E-state index contributed by atoms with van der Waals surface area (Å²) in [4.78, 5) is 0. The van der Waals surface area contributed by atoms with E-state index in [1.165, 1.54) is 0 Å². The van der Waals surface area contributed by atoms with Crippen molar-refractivity contribution in [1.82, 2.24) is 42.5 Å². The van der Waals surface area contributed by atoms with Gasteiger partial charge in [0.2, 0.25) is 0 Å². The fourth-order valence-corrected chi connectivity index (χ4v) is 11.8. The van der Waals surface area contributed by atoms with Gasteiger partial charge in [-0.05, 0) is 0 Å². The van der Waals surface area contributed by atoms with Gasteiger partial charge in [0.1, 0.15) is 49.4 Å². The second-order valence-electron chi connectivity index (χ2n) is 16.9. The first-order chi connectivity index (χ1) is 26.4. The Kier molecular flexibility index (Phi) is 11.4. The zero-order valence-corrected chi connectivity index (χ0v) is 30.0. The molecule has 0 amide bonds. The maximum absolute atomic E-state index is 15.8. The summed E-state index contributed by atoms with van der Waals surface area (Å²) in [5.41, 5.74) is 0. The Labute approximate surface area is 325 Å². The second kappa shape index (κ2) is 15.2. The molecule has 24 atom stereocenters. The van der Waals surface area contributed by atoms with Crippen molar-refractivity contribution in [2.24, 2.45) is 47.3 Å². The Morgan fingerprint density at radius 3 is 0.333 bits per heavy atom. The summed E-state index contributed by atoms with van der Waals surface area (Å²) in [7, 11) is 0. The molecule has 5 saturated heterocycles. The van der Waals surface area contributed by atoms with E-state index in [-0.39, 0.29) is 17.1 Å². The van der Waals surface area contributed by atoms with Crippen molar-refractivity contribution in [2.45, 2.75) is 148 Å². The van der Waals surface area contributed by atoms with Crippen molar-refractivity contribution in [3.63, 3.8) is 0 Å². The summed E-state index contributed by atoms with van der Waals surface area (Å²) in [6.07, 6.45) is -61.1. The fraction of sp³-hybridized carbons (Fsp3) is 1.00. The minimum absolute atomic E-state index is 0. The number of fused-ring (bicyclic) bond motifs is 20. The molecule has 4 saturated carbocycles. The molecule has 4 aliphatic carbocycles. The van der Waals surface area contributed by atoms with Crippen molar-refractivity contribution in [2.75, 3.05) is 0 Å². The number of nitrogens with one attached hydrogen (secondary N) is 8. The number of hydrogen-bond acceptors (Lipinski definition) is 8. The van der Waals surface area contributed by atoms with Gasteiger partial charge in [0, 0.05) is 64.4 Å². The summed E-state index contributed by atoms with van der Waals surface area (Å²) in [5.74, 6) is -15.4. The van der Waals surface area contributed by atoms with Gasteiger partial charge < -0.3 is 0 Å². The van der Waals surface area contributed by atoms with Crippen LogP contribution in [0.3, 0.4) is 0 Å². The minimum atomic E-state index is -3.07. The van der Waals surface area contributed by atoms with Gasteiger partial charge >= 0.3 is 0 Å². The predicted molar refractivity (Wildman–Crippen MR) is 162 cm³/mol. The first-order valence-electron chi connectivity index (χ1n) is 18.8. The molecule has 9 rings (SSSR count). The van der Waals surface area contributed by atoms with E-state index < -0.39 is 195 Å². The zero-order chi connectivity index (χ0) is 40.1. The number of halogens is 16. The SMILES string of the molecule is FC1C(F)C(F)C2C3NC(NC4NC(NC5NC(NC6NC(N3)C3C(F)C(F)C(F)C(F)C63)C3C(F)C(F)C(F)C(F)C53)C3C(F)C(F)C(F)C(F)C43)C2C1F.[Fe]. The van der Waals surface area contributed by atoms with E-state index >= 15 is 35.1 Å². The summed E-state index contributed by atoms with van der Waals surface area (Å²) < 4.78 is 246. The standard InChI is InChI=1S/C32H40F16N8.Fe/c33-9-1-2(10(34)18(42)17(9)41)26-49-25(1)53-27-3-4(12(36)20(44)19(43)11(3)35)29(50-27)55-31-7-8(16(40)24(48)23(47)15(7)39)32(52-31)56-30-6-5(28(51-30)54-26)13(37)21(45)22(46)14(6)38;/h1-32,49-56H;. The Balaban J connectivity index is 0.00000455. The summed E-state index contributed by atoms with van der Waals surface area (Å²) >= 11 is 0. The van der Waals surface area contributed by atoms with E-state index in [9.17, 15) is 35.1 Å². The average molecular weight is 897 g/mol. The molecule has 5 heterocycles. The fourth-order valence-electron chi connectivity index (χ4n) is 11.8. The quantitative estimate of drug-likeness (QED) is 0.138. The Morgan fingerprint density at radius 1 is 0.158 bits per heavy atom. The molecule has 57 heavy (non-hydrogen) atoms. The van der Waals surface area contributed by atoms with Crippen LogP contribution >= 0.6 is 0 Å². The molecule has 9 fully saturated rings. The van der Waals surface area contributed by atoms with Crippen LogP contribution in [0.1, 0.15) is 0 Å². The molecule has 24 unspecified atom stereocenters. The Morgan fingerprint density at radius 2 is 0.246 bits per heavy atom. The van der Waals surface area contributed by atoms with Gasteiger partial charge in [-0.3, -0.25) is 42.5 Å². The van der Waals surface area contributed by atoms with Crippen molar-refractivity contribution in [3.8, 4) is 0 Å². The molecule has 25 heteroatoms. The third-order valence-corrected chi connectivity index (χ3v) is 14.3. The molecule has 0 aromatic carbocycles. The Hall–Kier alpha value is -0.921. The molecule has 0 radical (unpaired) electrons. The van der Waals surface area contributed by atoms with Crippen LogP contribution in [-0.2, 0) is 17.1 Å². The number of alkyl halides is 16. The molecular weight excluding hydrogens is 856 g/mol. The molecule has 9 aliphatic rings. The minimum Gasteiger partial charge on any atom is -0.286 e. The second-order valence-corrected chi connectivity index (χ2v) is 16.9. The predicted octanol–water partition coefficient (Wildman–Crippen LogP) is 1.77. The smallest absolute Gasteiger partial charge is 0.165 e. The third-order valence-electron chi connectivity index (χ3n) is 14.3. The van der Waals surface area contributed by atoms with Crippen LogP contribution in [0.2, 0.25) is 0 Å². The molecule has 0 aromatic rings. The van der Waals surface area contributed by atoms with Gasteiger partial charge in [-0.2, -0.15) is 0 Å². The van der Waals surface area contributed by atoms with Crippen LogP contribution in [0, 0.1) is 47.3 Å². The van der Waals surface area contributed by atoms with E-state index in [0.29, 0.717) is 0 Å². The largest absolute Gasteiger partial charge is 0.286 e. The van der Waals surface area contributed by atoms with Gasteiger partial charge in [-0.15, -0.1) is 0 Å². The van der Waals surface area contributed by atoms with E-state index in [2.05, 4.69) is 42.5 Å². The summed E-state index contributed by atoms with van der Waals surface area (Å²) in [5, 5.41) is 21.0. The van der Waals surface area contributed by atoms with Gasteiger partial charge in [-0.25, -0.2) is 70.2 Å². The molecule has 8 nitrogen and oxygen atoms in total. The van der Waals surface area contributed by atoms with Crippen LogP contribution in [0.4, 0.5) is 70.2 Å². The number of hydrogen-bond donors (Lipinski definition) is 8. The van der Waals surface area contributed by atoms with Gasteiger partial charge in [0.25, 0.3) is 0 Å². The first kappa shape index (κ1) is 42.8. The molecule has 328 valence electrons. The monoisotopic (exact) mass is 896 g/mol. The van der Waals surface area contributed by atoms with Crippen LogP contribution in [0.25, 0.3) is 0 Å². The number of rotatable bonds is 0. The van der Waals surface area contributed by atoms with Crippen molar-refractivity contribution in [1.29, 1.82) is 0 Å². The summed E-state index contributed by atoms with van der Waals surface area (Å²) in [6.45, 7) is 0. The summed E-state index contributed by atoms with van der Waals surface area (Å²) in [6, 6.07) is 0. The molecule has 0 aromatic heterocycles. The van der Waals surface area contributed by atoms with Crippen LogP contribution < -0.4 is 42.5 Å². The molecule has 5 aliphatic heterocycles. The molecule has 8 bridgehead atoms. The maximum Gasteiger partial charge on any atom is 0.165 e. The van der Waals surface area contributed by atoms with E-state index in [1.54, 1.807) is 0 Å². The normalized spacial score (nSPS) is 64.8. The van der Waals surface area contributed by atoms with Crippen molar-refractivity contribution >= 4 is 0 Å². The van der Waals surface area contributed by atoms with E-state index in [1.807, 2.05) is 0 Å². The van der Waals surface area contributed by atoms with E-state index in [4.69, 9.17) is 0 Å². The zero-order valence-electron chi connectivity index (χ0n) is 28.9. The molecular formula is C32H40F16FeN8. The van der Waals surface area contributed by atoms with Crippen molar-refractivity contribution < 1.29 is 87.3 Å².